The lowest BCUT2D eigenvalue weighted by Gasteiger charge is -2.36. The van der Waals surface area contributed by atoms with Crippen LogP contribution in [0.5, 0.6) is 5.75 Å². The van der Waals surface area contributed by atoms with Crippen molar-refractivity contribution in [1.29, 1.82) is 0 Å². The predicted octanol–water partition coefficient (Wildman–Crippen LogP) is 2.64. The molecule has 0 spiro atoms. The minimum Gasteiger partial charge on any atom is -0.508 e. The molecule has 140 valence electrons. The lowest BCUT2D eigenvalue weighted by Crippen LogP contribution is -2.46. The summed E-state index contributed by atoms with van der Waals surface area (Å²) in [6, 6.07) is 2.40. The zero-order valence-electron chi connectivity index (χ0n) is 13.2. The fraction of sp³-hybridized carbons (Fsp3) is 0.562. The lowest BCUT2D eigenvalue weighted by atomic mass is 9.79. The van der Waals surface area contributed by atoms with Gasteiger partial charge in [-0.15, -0.1) is 0 Å². The number of carbonyl (C=O) groups is 1. The first kappa shape index (κ1) is 20.2. The SMILES string of the molecule is O=C([C@H](O)CO)N1CCC(C(c2cc(Cl)c(Cl)cc2O)C(F)F)CC1. The number of phenols is 1. The van der Waals surface area contributed by atoms with Crippen LogP contribution in [0.2, 0.25) is 10.0 Å². The van der Waals surface area contributed by atoms with Crippen LogP contribution >= 0.6 is 23.2 Å². The summed E-state index contributed by atoms with van der Waals surface area (Å²) < 4.78 is 27.4. The van der Waals surface area contributed by atoms with Crippen LogP contribution in [0.1, 0.15) is 24.3 Å². The number of rotatable bonds is 5. The van der Waals surface area contributed by atoms with Gasteiger partial charge in [-0.1, -0.05) is 23.2 Å². The molecule has 0 bridgehead atoms. The predicted molar refractivity (Wildman–Crippen MR) is 89.3 cm³/mol. The average molecular weight is 398 g/mol. The van der Waals surface area contributed by atoms with Crippen molar-refractivity contribution in [1.82, 2.24) is 4.90 Å². The van der Waals surface area contributed by atoms with E-state index in [0.29, 0.717) is 0 Å². The first-order valence-electron chi connectivity index (χ1n) is 7.80. The highest BCUT2D eigenvalue weighted by Gasteiger charge is 2.37. The van der Waals surface area contributed by atoms with Gasteiger partial charge in [0.2, 0.25) is 6.43 Å². The summed E-state index contributed by atoms with van der Waals surface area (Å²) >= 11 is 11.7. The van der Waals surface area contributed by atoms with Crippen LogP contribution in [0.25, 0.3) is 0 Å². The van der Waals surface area contributed by atoms with Crippen molar-refractivity contribution in [3.05, 3.63) is 27.7 Å². The number of phenolic OH excluding ortho intramolecular Hbond substituents is 1. The Morgan fingerprint density at radius 1 is 1.24 bits per heavy atom. The number of aromatic hydroxyl groups is 1. The fourth-order valence-corrected chi connectivity index (χ4v) is 3.51. The third-order valence-corrected chi connectivity index (χ3v) is 5.24. The minimum absolute atomic E-state index is 0.0320. The molecule has 0 radical (unpaired) electrons. The summed E-state index contributed by atoms with van der Waals surface area (Å²) in [6.07, 6.45) is -3.67. The van der Waals surface area contributed by atoms with Gasteiger partial charge in [0, 0.05) is 24.7 Å². The van der Waals surface area contributed by atoms with E-state index in [4.69, 9.17) is 28.3 Å². The molecule has 0 saturated carbocycles. The van der Waals surface area contributed by atoms with Crippen molar-refractivity contribution in [3.63, 3.8) is 0 Å². The maximum atomic E-state index is 13.7. The summed E-state index contributed by atoms with van der Waals surface area (Å²) in [5.41, 5.74) is 0.0320. The van der Waals surface area contributed by atoms with Crippen molar-refractivity contribution in [2.45, 2.75) is 31.3 Å². The zero-order chi connectivity index (χ0) is 18.7. The molecule has 5 nitrogen and oxygen atoms in total. The molecule has 9 heteroatoms. The number of hydrogen-bond acceptors (Lipinski definition) is 4. The third kappa shape index (κ3) is 4.53. The van der Waals surface area contributed by atoms with Gasteiger partial charge in [0.1, 0.15) is 5.75 Å². The highest BCUT2D eigenvalue weighted by atomic mass is 35.5. The van der Waals surface area contributed by atoms with Gasteiger partial charge in [-0.3, -0.25) is 4.79 Å². The van der Waals surface area contributed by atoms with Crippen molar-refractivity contribution >= 4 is 29.1 Å². The van der Waals surface area contributed by atoms with Crippen LogP contribution in [-0.2, 0) is 4.79 Å². The van der Waals surface area contributed by atoms with Crippen molar-refractivity contribution in [2.24, 2.45) is 5.92 Å². The molecule has 1 aromatic carbocycles. The number of benzene rings is 1. The molecule has 1 fully saturated rings. The largest absolute Gasteiger partial charge is 0.508 e. The van der Waals surface area contributed by atoms with Gasteiger partial charge >= 0.3 is 0 Å². The summed E-state index contributed by atoms with van der Waals surface area (Å²) in [5.74, 6) is -2.67. The molecule has 1 aromatic rings. The second-order valence-electron chi connectivity index (χ2n) is 6.05. The summed E-state index contributed by atoms with van der Waals surface area (Å²) in [4.78, 5) is 13.2. The molecule has 2 rings (SSSR count). The Bertz CT molecular complexity index is 624. The molecule has 1 aliphatic heterocycles. The Balaban J connectivity index is 2.16. The average Bonchev–Trinajstić information content (AvgIpc) is 2.58. The molecule has 1 heterocycles. The van der Waals surface area contributed by atoms with E-state index in [2.05, 4.69) is 0 Å². The highest BCUT2D eigenvalue weighted by molar-refractivity contribution is 6.42. The molecule has 3 N–H and O–H groups in total. The number of piperidine rings is 1. The summed E-state index contributed by atoms with van der Waals surface area (Å²) in [5, 5.41) is 28.4. The van der Waals surface area contributed by atoms with E-state index < -0.39 is 36.9 Å². The standard InChI is InChI=1S/C16H19Cl2F2NO4/c17-10-5-9(12(23)6-11(10)18)14(15(19)20)8-1-3-21(4-2-8)16(25)13(24)7-22/h5-6,8,13-15,22-24H,1-4,7H2/t13-,14?/m1/s1. The van der Waals surface area contributed by atoms with Crippen LogP contribution in [0.3, 0.4) is 0 Å². The van der Waals surface area contributed by atoms with Gasteiger partial charge in [0.15, 0.2) is 6.10 Å². The summed E-state index contributed by atoms with van der Waals surface area (Å²) in [7, 11) is 0. The number of nitrogens with zero attached hydrogens (tertiary/aromatic N) is 1. The van der Waals surface area contributed by atoms with Gasteiger partial charge in [0.25, 0.3) is 5.91 Å². The van der Waals surface area contributed by atoms with E-state index >= 15 is 0 Å². The van der Waals surface area contributed by atoms with Crippen LogP contribution in [0.4, 0.5) is 8.78 Å². The van der Waals surface area contributed by atoms with Crippen LogP contribution in [0, 0.1) is 5.92 Å². The Hall–Kier alpha value is -1.15. The van der Waals surface area contributed by atoms with Crippen LogP contribution in [-0.4, -0.2) is 58.4 Å². The molecule has 0 aromatic heterocycles. The van der Waals surface area contributed by atoms with E-state index in [-0.39, 0.29) is 47.3 Å². The van der Waals surface area contributed by atoms with Gasteiger partial charge in [-0.05, 0) is 24.8 Å². The smallest absolute Gasteiger partial charge is 0.253 e. The number of hydrogen-bond donors (Lipinski definition) is 3. The number of carbonyl (C=O) groups excluding carboxylic acids is 1. The Labute approximate surface area is 153 Å². The Morgan fingerprint density at radius 3 is 2.32 bits per heavy atom. The number of aliphatic hydroxyl groups excluding tert-OH is 2. The lowest BCUT2D eigenvalue weighted by molar-refractivity contribution is -0.143. The zero-order valence-corrected chi connectivity index (χ0v) is 14.7. The molecule has 1 aliphatic rings. The fourth-order valence-electron chi connectivity index (χ4n) is 3.18. The molecule has 25 heavy (non-hydrogen) atoms. The Kier molecular flexibility index (Phi) is 6.85. The number of likely N-dealkylation sites (tertiary alicyclic amines) is 1. The number of alkyl halides is 2. The molecule has 2 atom stereocenters. The molecular formula is C16H19Cl2F2NO4. The van der Waals surface area contributed by atoms with E-state index in [0.717, 1.165) is 6.07 Å². The molecule has 0 aliphatic carbocycles. The quantitative estimate of drug-likeness (QED) is 0.713. The van der Waals surface area contributed by atoms with E-state index in [1.807, 2.05) is 0 Å². The second kappa shape index (κ2) is 8.49. The van der Waals surface area contributed by atoms with E-state index in [1.54, 1.807) is 0 Å². The van der Waals surface area contributed by atoms with Crippen LogP contribution < -0.4 is 0 Å². The van der Waals surface area contributed by atoms with E-state index in [9.17, 15) is 23.8 Å². The van der Waals surface area contributed by atoms with Gasteiger partial charge in [-0.25, -0.2) is 8.78 Å². The van der Waals surface area contributed by atoms with Gasteiger partial charge in [-0.2, -0.15) is 0 Å². The highest BCUT2D eigenvalue weighted by Crippen LogP contribution is 2.43. The van der Waals surface area contributed by atoms with Crippen molar-refractivity contribution < 1.29 is 28.9 Å². The maximum absolute atomic E-state index is 13.7. The van der Waals surface area contributed by atoms with Crippen molar-refractivity contribution in [3.8, 4) is 5.75 Å². The van der Waals surface area contributed by atoms with Crippen molar-refractivity contribution in [2.75, 3.05) is 19.7 Å². The Morgan fingerprint density at radius 2 is 1.80 bits per heavy atom. The maximum Gasteiger partial charge on any atom is 0.253 e. The molecule has 1 amide bonds. The van der Waals surface area contributed by atoms with Gasteiger partial charge < -0.3 is 20.2 Å². The summed E-state index contributed by atoms with van der Waals surface area (Å²) in [6.45, 7) is -0.312. The molecular weight excluding hydrogens is 379 g/mol. The number of amides is 1. The third-order valence-electron chi connectivity index (χ3n) is 4.52. The van der Waals surface area contributed by atoms with Gasteiger partial charge in [0.05, 0.1) is 22.6 Å². The minimum atomic E-state index is -2.72. The molecule has 1 unspecified atom stereocenters. The van der Waals surface area contributed by atoms with E-state index in [1.165, 1.54) is 11.0 Å². The van der Waals surface area contributed by atoms with Crippen LogP contribution in [0.15, 0.2) is 12.1 Å². The topological polar surface area (TPSA) is 81.0 Å². The second-order valence-corrected chi connectivity index (χ2v) is 6.86. The number of aliphatic hydroxyl groups is 2. The first-order chi connectivity index (χ1) is 11.8. The normalized spacial score (nSPS) is 18.4. The molecule has 1 saturated heterocycles. The number of halogens is 4. The first-order valence-corrected chi connectivity index (χ1v) is 8.55. The monoisotopic (exact) mass is 397 g/mol.